The minimum absolute atomic E-state index is 0.350. The van der Waals surface area contributed by atoms with Crippen molar-refractivity contribution in [3.63, 3.8) is 0 Å². The lowest BCUT2D eigenvalue weighted by molar-refractivity contribution is 0.168. The van der Waals surface area contributed by atoms with Gasteiger partial charge in [0.25, 0.3) is 0 Å². The van der Waals surface area contributed by atoms with E-state index in [1.54, 1.807) is 6.92 Å². The molecule has 0 spiro atoms. The lowest BCUT2D eigenvalue weighted by atomic mass is 10.1. The Morgan fingerprint density at radius 1 is 1.15 bits per heavy atom. The van der Waals surface area contributed by atoms with E-state index < -0.39 is 6.09 Å². The summed E-state index contributed by atoms with van der Waals surface area (Å²) in [5.41, 5.74) is 5.41. The molecule has 138 valence electrons. The van der Waals surface area contributed by atoms with Crippen molar-refractivity contribution < 1.29 is 14.3 Å². The van der Waals surface area contributed by atoms with Crippen LogP contribution >= 0.6 is 0 Å². The summed E-state index contributed by atoms with van der Waals surface area (Å²) >= 11 is 0. The molecule has 0 bridgehead atoms. The summed E-state index contributed by atoms with van der Waals surface area (Å²) in [6, 6.07) is 12.5. The maximum absolute atomic E-state index is 11.9. The minimum atomic E-state index is -0.426. The van der Waals surface area contributed by atoms with Crippen LogP contribution in [0.3, 0.4) is 0 Å². The summed E-state index contributed by atoms with van der Waals surface area (Å²) in [6.07, 6.45) is 3.03. The first-order valence-electron chi connectivity index (χ1n) is 9.39. The van der Waals surface area contributed by atoms with Gasteiger partial charge in [0.1, 0.15) is 12.4 Å². The average Bonchev–Trinajstić information content (AvgIpc) is 3.46. The topological polar surface area (TPSA) is 47.6 Å². The van der Waals surface area contributed by atoms with Gasteiger partial charge < -0.3 is 9.47 Å². The van der Waals surface area contributed by atoms with Gasteiger partial charge in [-0.25, -0.2) is 4.79 Å². The Hall–Kier alpha value is -2.49. The van der Waals surface area contributed by atoms with Gasteiger partial charge in [-0.15, -0.1) is 0 Å². The quantitative estimate of drug-likeness (QED) is 0.706. The molecule has 0 atom stereocenters. The summed E-state index contributed by atoms with van der Waals surface area (Å²) in [6.45, 7) is 6.75. The van der Waals surface area contributed by atoms with Crippen molar-refractivity contribution in [1.82, 2.24) is 0 Å². The fraction of sp³-hybridized carbons (Fsp3) is 0.409. The molecule has 1 fully saturated rings. The highest BCUT2D eigenvalue weighted by atomic mass is 16.5. The molecule has 4 heteroatoms. The fourth-order valence-electron chi connectivity index (χ4n) is 3.03. The third-order valence-corrected chi connectivity index (χ3v) is 4.73. The van der Waals surface area contributed by atoms with Gasteiger partial charge in [0, 0.05) is 5.56 Å². The summed E-state index contributed by atoms with van der Waals surface area (Å²) in [5.74, 6) is 1.49. The molecule has 2 aromatic carbocycles. The third-order valence-electron chi connectivity index (χ3n) is 4.73. The number of ether oxygens (including phenoxy) is 2. The summed E-state index contributed by atoms with van der Waals surface area (Å²) in [5, 5.41) is 2.86. The van der Waals surface area contributed by atoms with Gasteiger partial charge in [-0.2, -0.15) is 0 Å². The van der Waals surface area contributed by atoms with E-state index in [2.05, 4.69) is 43.4 Å². The molecule has 2 aromatic rings. The largest absolute Gasteiger partial charge is 0.489 e. The van der Waals surface area contributed by atoms with E-state index in [0.29, 0.717) is 19.1 Å². The molecule has 0 heterocycles. The molecule has 3 rings (SSSR count). The predicted molar refractivity (Wildman–Crippen MR) is 104 cm³/mol. The van der Waals surface area contributed by atoms with Crippen molar-refractivity contribution in [3.05, 3.63) is 58.7 Å². The highest BCUT2D eigenvalue weighted by Gasteiger charge is 2.24. The van der Waals surface area contributed by atoms with Gasteiger partial charge in [0.05, 0.1) is 12.3 Å². The summed E-state index contributed by atoms with van der Waals surface area (Å²) in [4.78, 5) is 11.9. The number of benzene rings is 2. The Balaban J connectivity index is 1.76. The molecule has 1 N–H and O–H groups in total. The van der Waals surface area contributed by atoms with E-state index in [4.69, 9.17) is 9.47 Å². The van der Waals surface area contributed by atoms with Crippen molar-refractivity contribution in [2.45, 2.75) is 52.6 Å². The SMILES string of the molecule is CCOC(=O)Nc1cc(C2CC2)ccc1COc1ccc(CC)cc1C. The molecule has 1 aliphatic rings. The van der Waals surface area contributed by atoms with Crippen molar-refractivity contribution in [2.24, 2.45) is 0 Å². The van der Waals surface area contributed by atoms with Crippen LogP contribution in [0.4, 0.5) is 10.5 Å². The Labute approximate surface area is 155 Å². The smallest absolute Gasteiger partial charge is 0.411 e. The Kier molecular flexibility index (Phi) is 5.82. The van der Waals surface area contributed by atoms with Gasteiger partial charge >= 0.3 is 6.09 Å². The second-order valence-electron chi connectivity index (χ2n) is 6.78. The van der Waals surface area contributed by atoms with E-state index in [1.165, 1.54) is 24.0 Å². The zero-order chi connectivity index (χ0) is 18.5. The zero-order valence-corrected chi connectivity index (χ0v) is 15.8. The van der Waals surface area contributed by atoms with E-state index in [9.17, 15) is 4.79 Å². The number of carbonyl (C=O) groups is 1. The molecule has 4 nitrogen and oxygen atoms in total. The van der Waals surface area contributed by atoms with Crippen molar-refractivity contribution in [2.75, 3.05) is 11.9 Å². The van der Waals surface area contributed by atoms with Crippen LogP contribution in [0.25, 0.3) is 0 Å². The number of rotatable bonds is 7. The molecule has 0 unspecified atom stereocenters. The number of aryl methyl sites for hydroxylation is 2. The van der Waals surface area contributed by atoms with Crippen LogP contribution in [0.5, 0.6) is 5.75 Å². The molecule has 0 aromatic heterocycles. The zero-order valence-electron chi connectivity index (χ0n) is 15.8. The number of carbonyl (C=O) groups excluding carboxylic acids is 1. The molecular formula is C22H27NO3. The van der Waals surface area contributed by atoms with Gasteiger partial charge in [-0.1, -0.05) is 31.2 Å². The number of hydrogen-bond acceptors (Lipinski definition) is 3. The minimum Gasteiger partial charge on any atom is -0.489 e. The molecule has 1 amide bonds. The first-order valence-corrected chi connectivity index (χ1v) is 9.39. The highest BCUT2D eigenvalue weighted by Crippen LogP contribution is 2.41. The van der Waals surface area contributed by atoms with Gasteiger partial charge in [0.15, 0.2) is 0 Å². The van der Waals surface area contributed by atoms with Gasteiger partial charge in [-0.05, 0) is 67.9 Å². The normalized spacial score (nSPS) is 13.3. The van der Waals surface area contributed by atoms with Gasteiger partial charge in [-0.3, -0.25) is 5.32 Å². The molecule has 1 saturated carbocycles. The lowest BCUT2D eigenvalue weighted by Gasteiger charge is -2.15. The maximum Gasteiger partial charge on any atom is 0.411 e. The first kappa shape index (κ1) is 18.3. The number of hydrogen-bond donors (Lipinski definition) is 1. The van der Waals surface area contributed by atoms with Gasteiger partial charge in [0.2, 0.25) is 0 Å². The Bertz CT molecular complexity index is 781. The van der Waals surface area contributed by atoms with Crippen molar-refractivity contribution in [3.8, 4) is 5.75 Å². The van der Waals surface area contributed by atoms with Crippen molar-refractivity contribution in [1.29, 1.82) is 0 Å². The molecular weight excluding hydrogens is 326 g/mol. The molecule has 0 saturated heterocycles. The van der Waals surface area contributed by atoms with Crippen LogP contribution in [-0.4, -0.2) is 12.7 Å². The number of amides is 1. The third kappa shape index (κ3) is 4.57. The monoisotopic (exact) mass is 353 g/mol. The predicted octanol–water partition coefficient (Wildman–Crippen LogP) is 5.58. The van der Waals surface area contributed by atoms with E-state index in [0.717, 1.165) is 29.0 Å². The van der Waals surface area contributed by atoms with Crippen LogP contribution in [0.2, 0.25) is 0 Å². The molecule has 26 heavy (non-hydrogen) atoms. The van der Waals surface area contributed by atoms with Crippen LogP contribution in [0, 0.1) is 6.92 Å². The molecule has 1 aliphatic carbocycles. The van der Waals surface area contributed by atoms with Crippen LogP contribution < -0.4 is 10.1 Å². The van der Waals surface area contributed by atoms with Crippen LogP contribution in [0.15, 0.2) is 36.4 Å². The second-order valence-corrected chi connectivity index (χ2v) is 6.78. The number of anilines is 1. The van der Waals surface area contributed by atoms with E-state index in [1.807, 2.05) is 12.1 Å². The maximum atomic E-state index is 11.9. The van der Waals surface area contributed by atoms with Crippen LogP contribution in [0.1, 0.15) is 54.9 Å². The first-order chi connectivity index (χ1) is 12.6. The summed E-state index contributed by atoms with van der Waals surface area (Å²) in [7, 11) is 0. The van der Waals surface area contributed by atoms with Crippen LogP contribution in [-0.2, 0) is 17.8 Å². The summed E-state index contributed by atoms with van der Waals surface area (Å²) < 4.78 is 11.1. The van der Waals surface area contributed by atoms with Crippen molar-refractivity contribution >= 4 is 11.8 Å². The Morgan fingerprint density at radius 3 is 2.62 bits per heavy atom. The van der Waals surface area contributed by atoms with E-state index in [-0.39, 0.29) is 0 Å². The second kappa shape index (κ2) is 8.26. The molecule has 0 aliphatic heterocycles. The molecule has 0 radical (unpaired) electrons. The van der Waals surface area contributed by atoms with E-state index >= 15 is 0 Å². The fourth-order valence-corrected chi connectivity index (χ4v) is 3.03. The Morgan fingerprint density at radius 2 is 1.96 bits per heavy atom. The average molecular weight is 353 g/mol. The number of nitrogens with one attached hydrogen (secondary N) is 1. The standard InChI is InChI=1S/C22H27NO3/c1-4-16-6-11-21(15(3)12-16)26-14-19-10-9-18(17-7-8-17)13-20(19)23-22(24)25-5-2/h6,9-13,17H,4-5,7-8,14H2,1-3H3,(H,23,24). The lowest BCUT2D eigenvalue weighted by Crippen LogP contribution is -2.15. The highest BCUT2D eigenvalue weighted by molar-refractivity contribution is 5.85.